The molecule has 90 heavy (non-hydrogen) atoms. The van der Waals surface area contributed by atoms with Gasteiger partial charge in [0.2, 0.25) is 0 Å². The van der Waals surface area contributed by atoms with Crippen molar-refractivity contribution in [3.05, 3.63) is 328 Å². The summed E-state index contributed by atoms with van der Waals surface area (Å²) in [5.74, 6) is 6.98. The summed E-state index contributed by atoms with van der Waals surface area (Å²) in [5, 5.41) is 0. The van der Waals surface area contributed by atoms with Crippen LogP contribution in [0.1, 0.15) is 0 Å². The van der Waals surface area contributed by atoms with Crippen LogP contribution in [-0.4, -0.2) is 13.4 Å². The highest BCUT2D eigenvalue weighted by molar-refractivity contribution is 6.99. The van der Waals surface area contributed by atoms with E-state index in [1.54, 1.807) is 0 Å². The Kier molecular flexibility index (Phi) is 13.1. The molecule has 0 saturated heterocycles. The first kappa shape index (κ1) is 52.7. The normalized spacial score (nSPS) is 12.3. The molecule has 420 valence electrons. The van der Waals surface area contributed by atoms with Crippen molar-refractivity contribution in [1.82, 2.24) is 0 Å². The van der Waals surface area contributed by atoms with Gasteiger partial charge in [-0.3, -0.25) is 0 Å². The summed E-state index contributed by atoms with van der Waals surface area (Å²) < 4.78 is 28.3. The first-order valence-corrected chi connectivity index (χ1v) is 30.8. The molecule has 0 aliphatic carbocycles. The molecule has 0 spiro atoms. The molecule has 0 N–H and O–H groups in total. The monoisotopic (exact) mass is 1150 g/mol. The van der Waals surface area contributed by atoms with Crippen LogP contribution in [0.2, 0.25) is 0 Å². The smallest absolute Gasteiger partial charge is 0.260 e. The molecule has 6 heteroatoms. The van der Waals surface area contributed by atoms with Gasteiger partial charge in [0.05, 0.1) is 0 Å². The van der Waals surface area contributed by atoms with Gasteiger partial charge < -0.3 is 18.9 Å². The number of hydrogen-bond acceptors (Lipinski definition) is 4. The van der Waals surface area contributed by atoms with Crippen molar-refractivity contribution in [2.45, 2.75) is 0 Å². The predicted octanol–water partition coefficient (Wildman–Crippen LogP) is 18.2. The Morgan fingerprint density at radius 2 is 0.433 bits per heavy atom. The minimum Gasteiger partial charge on any atom is -0.458 e. The van der Waals surface area contributed by atoms with Crippen LogP contribution < -0.4 is 51.7 Å². The molecule has 0 saturated carbocycles. The van der Waals surface area contributed by atoms with Crippen molar-refractivity contribution < 1.29 is 18.9 Å². The van der Waals surface area contributed by atoms with Gasteiger partial charge in [0.25, 0.3) is 13.4 Å². The van der Waals surface area contributed by atoms with Gasteiger partial charge in [0.15, 0.2) is 0 Å². The fraction of sp³-hybridized carbons (Fsp3) is 0. The lowest BCUT2D eigenvalue weighted by Gasteiger charge is -2.36. The van der Waals surface area contributed by atoms with Crippen molar-refractivity contribution >= 4 is 46.2 Å². The fourth-order valence-electron chi connectivity index (χ4n) is 13.8. The Labute approximate surface area is 524 Å². The van der Waals surface area contributed by atoms with Gasteiger partial charge in [-0.05, 0) is 102 Å². The third-order valence-corrected chi connectivity index (χ3v) is 18.0. The quantitative estimate of drug-likeness (QED) is 0.142. The summed E-state index contributed by atoms with van der Waals surface area (Å²) in [6.45, 7) is -0.135. The van der Waals surface area contributed by atoms with Crippen LogP contribution >= 0.6 is 0 Å². The van der Waals surface area contributed by atoms with E-state index in [4.69, 9.17) is 18.9 Å². The molecular formula is C84H54B2O4. The second kappa shape index (κ2) is 22.3. The highest BCUT2D eigenvalue weighted by Gasteiger charge is 2.45. The zero-order valence-electron chi connectivity index (χ0n) is 49.0. The topological polar surface area (TPSA) is 36.9 Å². The average Bonchev–Trinajstić information content (AvgIpc) is 0.741. The second-order valence-electron chi connectivity index (χ2n) is 23.2. The predicted molar refractivity (Wildman–Crippen MR) is 372 cm³/mol. The molecule has 0 unspecified atom stereocenters. The molecule has 4 aliphatic heterocycles. The van der Waals surface area contributed by atoms with E-state index in [0.29, 0.717) is 0 Å². The van der Waals surface area contributed by atoms with Crippen molar-refractivity contribution in [3.8, 4) is 135 Å². The molecule has 0 atom stereocenters. The Morgan fingerprint density at radius 1 is 0.167 bits per heavy atom. The lowest BCUT2D eigenvalue weighted by Crippen LogP contribution is -2.57. The molecule has 0 radical (unpaired) electrons. The molecule has 4 aliphatic rings. The molecule has 0 amide bonds. The Hall–Kier alpha value is -11.6. The molecular weight excluding hydrogens is 1090 g/mol. The molecule has 4 nitrogen and oxygen atoms in total. The van der Waals surface area contributed by atoms with Gasteiger partial charge >= 0.3 is 0 Å². The number of hydrogen-bond donors (Lipinski definition) is 0. The average molecular weight is 1150 g/mol. The number of rotatable bonds is 8. The molecule has 0 bridgehead atoms. The lowest BCUT2D eigenvalue weighted by molar-refractivity contribution is 0.467. The zero-order valence-corrected chi connectivity index (χ0v) is 49.0. The highest BCUT2D eigenvalue weighted by atomic mass is 16.5. The Morgan fingerprint density at radius 3 is 0.744 bits per heavy atom. The maximum atomic E-state index is 7.14. The molecule has 4 heterocycles. The molecule has 18 rings (SSSR count). The van der Waals surface area contributed by atoms with E-state index in [0.717, 1.165) is 168 Å². The van der Waals surface area contributed by atoms with E-state index in [1.807, 2.05) is 0 Å². The number of fused-ring (bicyclic) bond motifs is 8. The van der Waals surface area contributed by atoms with Gasteiger partial charge in [0, 0.05) is 44.3 Å². The maximum absolute atomic E-state index is 7.14. The first-order valence-electron chi connectivity index (χ1n) is 30.8. The van der Waals surface area contributed by atoms with E-state index in [1.165, 1.54) is 0 Å². The largest absolute Gasteiger partial charge is 0.458 e. The number of para-hydroxylation sites is 2. The highest BCUT2D eigenvalue weighted by Crippen LogP contribution is 2.50. The molecule has 14 aromatic carbocycles. The van der Waals surface area contributed by atoms with Crippen molar-refractivity contribution in [3.63, 3.8) is 0 Å². The SMILES string of the molecule is c1ccc(-c2ccc3c(c2)Oc2c(-c4ccccc4)cc(-c4ccccc4)c4c2B3c2ccc(-c3ccccc3)cc2O4)cc1.c1ccc(-c2cccc3c2Oc2c(-c4ccccc4)cc(-c4ccccc4)c4c2B3c2cccc(-c3ccccc3)c2O4)cc1. The summed E-state index contributed by atoms with van der Waals surface area (Å²) in [6, 6.07) is 115. The van der Waals surface area contributed by atoms with E-state index < -0.39 is 0 Å². The molecule has 0 aromatic heterocycles. The standard InChI is InChI=1S/2C42H27BO2/c1-5-15-28(16-6-1)32-23-13-25-36-39(32)44-41-34(30-19-9-3-10-20-30)27-35(31-21-11-4-12-22-31)42-38(41)43(36)37-26-14-24-33(40(37)45-42)29-17-7-2-8-18-29;1-5-13-28(14-6-1)32-21-23-36-38(25-32)44-41-34(30-17-9-3-10-18-30)27-35(31-19-11-4-12-20-31)42-40(41)43(36)37-24-22-33(26-39(37)45-42)29-15-7-2-8-16-29/h2*1-27H. The van der Waals surface area contributed by atoms with E-state index in [-0.39, 0.29) is 13.4 Å². The van der Waals surface area contributed by atoms with E-state index >= 15 is 0 Å². The lowest BCUT2D eigenvalue weighted by atomic mass is 9.34. The molecule has 0 fully saturated rings. The van der Waals surface area contributed by atoms with Gasteiger partial charge in [0.1, 0.15) is 46.0 Å². The summed E-state index contributed by atoms with van der Waals surface area (Å²) in [4.78, 5) is 0. The Balaban J connectivity index is 0.000000139. The second-order valence-corrected chi connectivity index (χ2v) is 23.2. The van der Waals surface area contributed by atoms with Gasteiger partial charge in [-0.25, -0.2) is 0 Å². The third-order valence-electron chi connectivity index (χ3n) is 18.0. The van der Waals surface area contributed by atoms with Gasteiger partial charge in [-0.2, -0.15) is 0 Å². The van der Waals surface area contributed by atoms with Crippen LogP contribution in [0.4, 0.5) is 0 Å². The van der Waals surface area contributed by atoms with Crippen LogP contribution in [0.3, 0.4) is 0 Å². The van der Waals surface area contributed by atoms with Crippen LogP contribution in [0.25, 0.3) is 89.0 Å². The van der Waals surface area contributed by atoms with E-state index in [9.17, 15) is 0 Å². The van der Waals surface area contributed by atoms with Crippen LogP contribution in [-0.2, 0) is 0 Å². The van der Waals surface area contributed by atoms with Crippen molar-refractivity contribution in [2.75, 3.05) is 0 Å². The summed E-state index contributed by atoms with van der Waals surface area (Å²) >= 11 is 0. The van der Waals surface area contributed by atoms with Crippen LogP contribution in [0.15, 0.2) is 328 Å². The third kappa shape index (κ3) is 9.11. The fourth-order valence-corrected chi connectivity index (χ4v) is 13.8. The minimum atomic E-state index is -0.0825. The summed E-state index contributed by atoms with van der Waals surface area (Å²) in [6.07, 6.45) is 0. The Bertz CT molecular complexity index is 4720. The first-order chi connectivity index (χ1) is 44.7. The van der Waals surface area contributed by atoms with Crippen molar-refractivity contribution in [1.29, 1.82) is 0 Å². The minimum absolute atomic E-state index is 0.0525. The van der Waals surface area contributed by atoms with Crippen LogP contribution in [0.5, 0.6) is 46.0 Å². The maximum Gasteiger partial charge on any atom is 0.260 e. The van der Waals surface area contributed by atoms with Crippen molar-refractivity contribution in [2.24, 2.45) is 0 Å². The summed E-state index contributed by atoms with van der Waals surface area (Å²) in [5.41, 5.74) is 24.4. The number of ether oxygens (including phenoxy) is 4. The van der Waals surface area contributed by atoms with Gasteiger partial charge in [-0.15, -0.1) is 0 Å². The van der Waals surface area contributed by atoms with E-state index in [2.05, 4.69) is 328 Å². The van der Waals surface area contributed by atoms with Crippen LogP contribution in [0, 0.1) is 0 Å². The summed E-state index contributed by atoms with van der Waals surface area (Å²) in [7, 11) is 0. The zero-order chi connectivity index (χ0) is 59.5. The number of benzene rings is 14. The van der Waals surface area contributed by atoms with Gasteiger partial charge in [-0.1, -0.05) is 303 Å². The molecule has 14 aromatic rings.